The average Bonchev–Trinajstić information content (AvgIpc) is 2.99. The molecule has 0 radical (unpaired) electrons. The van der Waals surface area contributed by atoms with Crippen molar-refractivity contribution in [2.45, 2.75) is 25.8 Å². The average molecular weight is 419 g/mol. The first-order chi connectivity index (χ1) is 13.5. The lowest BCUT2D eigenvalue weighted by atomic mass is 10.1. The molecule has 3 rings (SSSR count). The molecule has 28 heavy (non-hydrogen) atoms. The Hall–Kier alpha value is -1.88. The van der Waals surface area contributed by atoms with E-state index in [1.54, 1.807) is 11.0 Å². The molecule has 148 valence electrons. The maximum absolute atomic E-state index is 12.4. The predicted octanol–water partition coefficient (Wildman–Crippen LogP) is 4.30. The standard InChI is InChI=1S/C22H24Cl2N2O2/c1-15(17-7-3-2-4-8-17)26-14-18(21(27)22(26)28)13-25-11-5-6-16-9-10-19(23)20(24)12-16/h2-4,7-10,12,15,18,25H,5-6,11,13-14H2,1H3. The van der Waals surface area contributed by atoms with Gasteiger partial charge in [0.15, 0.2) is 0 Å². The molecule has 1 heterocycles. The molecule has 0 aromatic heterocycles. The van der Waals surface area contributed by atoms with E-state index < -0.39 is 0 Å². The Kier molecular flexibility index (Phi) is 7.11. The highest BCUT2D eigenvalue weighted by Gasteiger charge is 2.40. The largest absolute Gasteiger partial charge is 0.329 e. The number of nitrogens with zero attached hydrogens (tertiary/aromatic N) is 1. The number of rotatable bonds is 8. The normalized spacial score (nSPS) is 18.0. The lowest BCUT2D eigenvalue weighted by Crippen LogP contribution is -2.30. The van der Waals surface area contributed by atoms with Gasteiger partial charge >= 0.3 is 0 Å². The molecule has 1 aliphatic heterocycles. The molecule has 0 aliphatic carbocycles. The van der Waals surface area contributed by atoms with E-state index in [-0.39, 0.29) is 23.7 Å². The summed E-state index contributed by atoms with van der Waals surface area (Å²) in [4.78, 5) is 26.4. The Morgan fingerprint density at radius 1 is 1.11 bits per heavy atom. The molecule has 0 bridgehead atoms. The summed E-state index contributed by atoms with van der Waals surface area (Å²) in [5.41, 5.74) is 2.17. The van der Waals surface area contributed by atoms with E-state index in [1.165, 1.54) is 0 Å². The molecule has 2 atom stereocenters. The third-order valence-corrected chi connectivity index (χ3v) is 5.94. The zero-order valence-electron chi connectivity index (χ0n) is 15.8. The fraction of sp³-hybridized carbons (Fsp3) is 0.364. The van der Waals surface area contributed by atoms with E-state index >= 15 is 0 Å². The van der Waals surface area contributed by atoms with Crippen molar-refractivity contribution in [1.29, 1.82) is 0 Å². The number of carbonyl (C=O) groups excluding carboxylic acids is 2. The Morgan fingerprint density at radius 3 is 2.57 bits per heavy atom. The smallest absolute Gasteiger partial charge is 0.290 e. The highest BCUT2D eigenvalue weighted by Crippen LogP contribution is 2.26. The van der Waals surface area contributed by atoms with Crippen LogP contribution in [0.4, 0.5) is 0 Å². The third-order valence-electron chi connectivity index (χ3n) is 5.20. The van der Waals surface area contributed by atoms with Gasteiger partial charge in [-0.05, 0) is 49.6 Å². The first-order valence-electron chi connectivity index (χ1n) is 9.51. The van der Waals surface area contributed by atoms with Gasteiger partial charge in [-0.15, -0.1) is 0 Å². The summed E-state index contributed by atoms with van der Waals surface area (Å²) < 4.78 is 0. The van der Waals surface area contributed by atoms with E-state index in [2.05, 4.69) is 5.32 Å². The second kappa shape index (κ2) is 9.55. The van der Waals surface area contributed by atoms with Gasteiger partial charge in [0.2, 0.25) is 5.78 Å². The number of halogens is 2. The predicted molar refractivity (Wildman–Crippen MR) is 113 cm³/mol. The van der Waals surface area contributed by atoms with Crippen molar-refractivity contribution in [3.63, 3.8) is 0 Å². The summed E-state index contributed by atoms with van der Waals surface area (Å²) in [5, 5.41) is 4.44. The lowest BCUT2D eigenvalue weighted by molar-refractivity contribution is -0.141. The highest BCUT2D eigenvalue weighted by atomic mass is 35.5. The van der Waals surface area contributed by atoms with Crippen LogP contribution in [0.1, 0.15) is 30.5 Å². The van der Waals surface area contributed by atoms with Gasteiger partial charge in [0.1, 0.15) is 0 Å². The number of likely N-dealkylation sites (tertiary alicyclic amines) is 1. The number of ketones is 1. The third kappa shape index (κ3) is 4.93. The molecule has 6 heteroatoms. The molecule has 2 aromatic rings. The number of Topliss-reactive ketones (excluding diaryl/α,β-unsaturated/α-hetero) is 1. The van der Waals surface area contributed by atoms with Gasteiger partial charge in [-0.3, -0.25) is 9.59 Å². The molecule has 1 amide bonds. The zero-order chi connectivity index (χ0) is 20.1. The Labute approximate surface area is 175 Å². The molecular weight excluding hydrogens is 395 g/mol. The Morgan fingerprint density at radius 2 is 1.86 bits per heavy atom. The van der Waals surface area contributed by atoms with Crippen molar-refractivity contribution in [2.24, 2.45) is 5.92 Å². The first kappa shape index (κ1) is 20.8. The maximum atomic E-state index is 12.4. The number of benzene rings is 2. The van der Waals surface area contributed by atoms with E-state index in [0.717, 1.165) is 30.5 Å². The van der Waals surface area contributed by atoms with Crippen LogP contribution in [0.15, 0.2) is 48.5 Å². The fourth-order valence-electron chi connectivity index (χ4n) is 3.51. The number of nitrogens with one attached hydrogen (secondary N) is 1. The monoisotopic (exact) mass is 418 g/mol. The molecular formula is C22H24Cl2N2O2. The molecule has 2 aromatic carbocycles. The van der Waals surface area contributed by atoms with Crippen LogP contribution in [-0.4, -0.2) is 36.2 Å². The van der Waals surface area contributed by atoms with Crippen molar-refractivity contribution in [3.8, 4) is 0 Å². The number of amides is 1. The fourth-order valence-corrected chi connectivity index (χ4v) is 3.83. The van der Waals surface area contributed by atoms with Gasteiger partial charge < -0.3 is 10.2 Å². The van der Waals surface area contributed by atoms with Gasteiger partial charge in [-0.1, -0.05) is 59.6 Å². The van der Waals surface area contributed by atoms with Crippen LogP contribution < -0.4 is 5.32 Å². The summed E-state index contributed by atoms with van der Waals surface area (Å²) in [6.45, 7) is 3.72. The van der Waals surface area contributed by atoms with Crippen LogP contribution in [0.2, 0.25) is 10.0 Å². The van der Waals surface area contributed by atoms with Crippen molar-refractivity contribution in [2.75, 3.05) is 19.6 Å². The maximum Gasteiger partial charge on any atom is 0.290 e. The molecule has 4 nitrogen and oxygen atoms in total. The van der Waals surface area contributed by atoms with Gasteiger partial charge in [-0.25, -0.2) is 0 Å². The minimum absolute atomic E-state index is 0.0997. The van der Waals surface area contributed by atoms with Gasteiger partial charge in [0, 0.05) is 13.1 Å². The highest BCUT2D eigenvalue weighted by molar-refractivity contribution is 6.42. The molecule has 1 aliphatic rings. The number of aryl methyl sites for hydroxylation is 1. The van der Waals surface area contributed by atoms with Crippen LogP contribution in [0.3, 0.4) is 0 Å². The van der Waals surface area contributed by atoms with Crippen molar-refractivity contribution >= 4 is 34.9 Å². The van der Waals surface area contributed by atoms with Crippen LogP contribution in [0.25, 0.3) is 0 Å². The molecule has 1 saturated heterocycles. The van der Waals surface area contributed by atoms with Crippen molar-refractivity contribution in [1.82, 2.24) is 10.2 Å². The minimum atomic E-state index is -0.376. The van der Waals surface area contributed by atoms with Crippen LogP contribution in [0, 0.1) is 5.92 Å². The number of hydrogen-bond donors (Lipinski definition) is 1. The van der Waals surface area contributed by atoms with Crippen LogP contribution in [-0.2, 0) is 16.0 Å². The van der Waals surface area contributed by atoms with E-state index in [4.69, 9.17) is 23.2 Å². The summed E-state index contributed by atoms with van der Waals surface area (Å²) in [7, 11) is 0. The molecule has 0 spiro atoms. The SMILES string of the molecule is CC(c1ccccc1)N1CC(CNCCCc2ccc(Cl)c(Cl)c2)C(=O)C1=O. The first-order valence-corrected chi connectivity index (χ1v) is 10.3. The zero-order valence-corrected chi connectivity index (χ0v) is 17.3. The van der Waals surface area contributed by atoms with Crippen LogP contribution >= 0.6 is 23.2 Å². The second-order valence-electron chi connectivity index (χ2n) is 7.16. The van der Waals surface area contributed by atoms with Crippen molar-refractivity contribution < 1.29 is 9.59 Å². The van der Waals surface area contributed by atoms with Crippen molar-refractivity contribution in [3.05, 3.63) is 69.7 Å². The summed E-state index contributed by atoms with van der Waals surface area (Å²) in [6, 6.07) is 15.4. The van der Waals surface area contributed by atoms with E-state index in [9.17, 15) is 9.59 Å². The van der Waals surface area contributed by atoms with Gasteiger partial charge in [-0.2, -0.15) is 0 Å². The molecule has 1 fully saturated rings. The molecule has 0 saturated carbocycles. The van der Waals surface area contributed by atoms with E-state index in [1.807, 2.05) is 49.4 Å². The minimum Gasteiger partial charge on any atom is -0.329 e. The topological polar surface area (TPSA) is 49.4 Å². The molecule has 2 unspecified atom stereocenters. The van der Waals surface area contributed by atoms with Gasteiger partial charge in [0.05, 0.1) is 22.0 Å². The van der Waals surface area contributed by atoms with E-state index in [0.29, 0.717) is 23.1 Å². The lowest BCUT2D eigenvalue weighted by Gasteiger charge is -2.24. The Balaban J connectivity index is 1.45. The Bertz CT molecular complexity index is 842. The summed E-state index contributed by atoms with van der Waals surface area (Å²) >= 11 is 12.0. The quantitative estimate of drug-likeness (QED) is 0.513. The van der Waals surface area contributed by atoms with Gasteiger partial charge in [0.25, 0.3) is 5.91 Å². The summed E-state index contributed by atoms with van der Waals surface area (Å²) in [6.07, 6.45) is 1.79. The molecule has 1 N–H and O–H groups in total. The summed E-state index contributed by atoms with van der Waals surface area (Å²) in [5.74, 6) is -0.956. The second-order valence-corrected chi connectivity index (χ2v) is 7.98. The van der Waals surface area contributed by atoms with Crippen LogP contribution in [0.5, 0.6) is 0 Å². The number of hydrogen-bond acceptors (Lipinski definition) is 3. The number of carbonyl (C=O) groups is 2.